The van der Waals surface area contributed by atoms with Crippen molar-refractivity contribution >= 4 is 22.6 Å². The molecule has 7 heteroatoms. The Morgan fingerprint density at radius 2 is 1.88 bits per heavy atom. The van der Waals surface area contributed by atoms with Gasteiger partial charge >= 0.3 is 6.09 Å². The second-order valence-electron chi connectivity index (χ2n) is 6.09. The van der Waals surface area contributed by atoms with Crippen LogP contribution in [0.5, 0.6) is 0 Å². The van der Waals surface area contributed by atoms with Crippen molar-refractivity contribution in [1.82, 2.24) is 15.1 Å². The first-order chi connectivity index (χ1) is 11.6. The number of amides is 1. The molecule has 2 aromatic rings. The van der Waals surface area contributed by atoms with E-state index >= 15 is 0 Å². The zero-order chi connectivity index (χ0) is 16.9. The Hall–Kier alpha value is -2.15. The molecule has 1 amide bonds. The largest absolute Gasteiger partial charge is 0.445 e. The monoisotopic (exact) mass is 346 g/mol. The first-order valence-corrected chi connectivity index (χ1v) is 8.99. The summed E-state index contributed by atoms with van der Waals surface area (Å²) in [5.41, 5.74) is 1.000. The summed E-state index contributed by atoms with van der Waals surface area (Å²) in [5.74, 6) is 0.394. The van der Waals surface area contributed by atoms with E-state index in [0.29, 0.717) is 25.6 Å². The molecular weight excluding hydrogens is 324 g/mol. The first kappa shape index (κ1) is 16.7. The number of rotatable bonds is 4. The Kier molecular flexibility index (Phi) is 5.30. The third-order valence-electron chi connectivity index (χ3n) is 3.94. The molecule has 0 saturated carbocycles. The molecule has 24 heavy (non-hydrogen) atoms. The molecule has 128 valence electrons. The van der Waals surface area contributed by atoms with Crippen LogP contribution in [0.4, 0.5) is 9.93 Å². The molecule has 0 spiro atoms. The van der Waals surface area contributed by atoms with E-state index in [1.165, 1.54) is 0 Å². The SMILES string of the molecule is CC(C)c1nnc(N2CCN(C(=O)OCc3ccccc3)CC2)s1. The van der Waals surface area contributed by atoms with Crippen LogP contribution in [0.2, 0.25) is 0 Å². The van der Waals surface area contributed by atoms with Crippen LogP contribution in [0.25, 0.3) is 0 Å². The van der Waals surface area contributed by atoms with Crippen LogP contribution in [0.15, 0.2) is 30.3 Å². The van der Waals surface area contributed by atoms with Crippen molar-refractivity contribution in [3.05, 3.63) is 40.9 Å². The van der Waals surface area contributed by atoms with Crippen LogP contribution < -0.4 is 4.90 Å². The lowest BCUT2D eigenvalue weighted by Gasteiger charge is -2.33. The molecule has 0 radical (unpaired) electrons. The summed E-state index contributed by atoms with van der Waals surface area (Å²) < 4.78 is 5.39. The van der Waals surface area contributed by atoms with E-state index in [9.17, 15) is 4.79 Å². The van der Waals surface area contributed by atoms with Gasteiger partial charge < -0.3 is 14.5 Å². The number of aromatic nitrogens is 2. The summed E-state index contributed by atoms with van der Waals surface area (Å²) in [5, 5.41) is 10.5. The molecule has 0 N–H and O–H groups in total. The number of carbonyl (C=O) groups excluding carboxylic acids is 1. The molecule has 1 aromatic heterocycles. The average molecular weight is 346 g/mol. The highest BCUT2D eigenvalue weighted by atomic mass is 32.1. The van der Waals surface area contributed by atoms with Crippen molar-refractivity contribution in [2.24, 2.45) is 0 Å². The van der Waals surface area contributed by atoms with E-state index in [-0.39, 0.29) is 6.09 Å². The lowest BCUT2D eigenvalue weighted by molar-refractivity contribution is 0.0942. The van der Waals surface area contributed by atoms with Crippen LogP contribution in [0.1, 0.15) is 30.3 Å². The van der Waals surface area contributed by atoms with Crippen molar-refractivity contribution in [3.63, 3.8) is 0 Å². The molecule has 1 aromatic carbocycles. The van der Waals surface area contributed by atoms with Gasteiger partial charge in [-0.25, -0.2) is 4.79 Å². The molecule has 6 nitrogen and oxygen atoms in total. The Morgan fingerprint density at radius 1 is 1.17 bits per heavy atom. The summed E-state index contributed by atoms with van der Waals surface area (Å²) in [4.78, 5) is 16.1. The highest BCUT2D eigenvalue weighted by Gasteiger charge is 2.24. The van der Waals surface area contributed by atoms with Gasteiger partial charge in [0.2, 0.25) is 5.13 Å². The fourth-order valence-electron chi connectivity index (χ4n) is 2.48. The summed E-state index contributed by atoms with van der Waals surface area (Å²) in [7, 11) is 0. The van der Waals surface area contributed by atoms with Gasteiger partial charge in [0.25, 0.3) is 0 Å². The molecule has 1 aliphatic heterocycles. The number of benzene rings is 1. The van der Waals surface area contributed by atoms with Gasteiger partial charge in [-0.05, 0) is 5.56 Å². The third-order valence-corrected chi connectivity index (χ3v) is 5.22. The fourth-order valence-corrected chi connectivity index (χ4v) is 3.38. The summed E-state index contributed by atoms with van der Waals surface area (Å²) >= 11 is 1.63. The topological polar surface area (TPSA) is 58.6 Å². The lowest BCUT2D eigenvalue weighted by atomic mass is 10.2. The molecule has 0 unspecified atom stereocenters. The second-order valence-corrected chi connectivity index (χ2v) is 7.08. The predicted molar refractivity (Wildman–Crippen MR) is 94.4 cm³/mol. The van der Waals surface area contributed by atoms with Crippen LogP contribution >= 0.6 is 11.3 Å². The molecule has 1 aliphatic rings. The number of hydrogen-bond donors (Lipinski definition) is 0. The van der Waals surface area contributed by atoms with Crippen molar-refractivity contribution < 1.29 is 9.53 Å². The number of nitrogens with zero attached hydrogens (tertiary/aromatic N) is 4. The Labute approximate surface area is 146 Å². The summed E-state index contributed by atoms with van der Waals surface area (Å²) in [6.07, 6.45) is -0.251. The van der Waals surface area contributed by atoms with E-state index < -0.39 is 0 Å². The fraction of sp³-hybridized carbons (Fsp3) is 0.471. The van der Waals surface area contributed by atoms with E-state index in [2.05, 4.69) is 28.9 Å². The summed E-state index contributed by atoms with van der Waals surface area (Å²) in [6, 6.07) is 9.73. The van der Waals surface area contributed by atoms with E-state index in [4.69, 9.17) is 4.74 Å². The van der Waals surface area contributed by atoms with Gasteiger partial charge in [-0.1, -0.05) is 55.5 Å². The van der Waals surface area contributed by atoms with E-state index in [1.54, 1.807) is 16.2 Å². The number of ether oxygens (including phenoxy) is 1. The number of hydrogen-bond acceptors (Lipinski definition) is 6. The Morgan fingerprint density at radius 3 is 2.50 bits per heavy atom. The average Bonchev–Trinajstić information content (AvgIpc) is 3.11. The van der Waals surface area contributed by atoms with Gasteiger partial charge in [0, 0.05) is 32.1 Å². The van der Waals surface area contributed by atoms with Crippen LogP contribution in [-0.2, 0) is 11.3 Å². The van der Waals surface area contributed by atoms with Gasteiger partial charge in [-0.3, -0.25) is 0 Å². The van der Waals surface area contributed by atoms with E-state index in [1.807, 2.05) is 30.3 Å². The maximum atomic E-state index is 12.2. The number of anilines is 1. The maximum Gasteiger partial charge on any atom is 0.410 e. The molecule has 1 saturated heterocycles. The highest BCUT2D eigenvalue weighted by Crippen LogP contribution is 2.26. The van der Waals surface area contributed by atoms with Gasteiger partial charge in [0.1, 0.15) is 11.6 Å². The van der Waals surface area contributed by atoms with Crippen molar-refractivity contribution in [3.8, 4) is 0 Å². The van der Waals surface area contributed by atoms with Crippen LogP contribution in [-0.4, -0.2) is 47.4 Å². The molecule has 0 aliphatic carbocycles. The normalized spacial score (nSPS) is 15.0. The minimum atomic E-state index is -0.251. The van der Waals surface area contributed by atoms with E-state index in [0.717, 1.165) is 28.8 Å². The van der Waals surface area contributed by atoms with Crippen molar-refractivity contribution in [1.29, 1.82) is 0 Å². The molecule has 0 atom stereocenters. The Balaban J connectivity index is 1.48. The zero-order valence-electron chi connectivity index (χ0n) is 14.0. The molecule has 1 fully saturated rings. The molecule has 0 bridgehead atoms. The quantitative estimate of drug-likeness (QED) is 0.851. The van der Waals surface area contributed by atoms with Crippen LogP contribution in [0.3, 0.4) is 0 Å². The third kappa shape index (κ3) is 4.03. The highest BCUT2D eigenvalue weighted by molar-refractivity contribution is 7.15. The van der Waals surface area contributed by atoms with Crippen molar-refractivity contribution in [2.45, 2.75) is 26.4 Å². The molecule has 3 rings (SSSR count). The Bertz CT molecular complexity index is 666. The number of piperazine rings is 1. The van der Waals surface area contributed by atoms with Crippen molar-refractivity contribution in [2.75, 3.05) is 31.1 Å². The van der Waals surface area contributed by atoms with Crippen LogP contribution in [0, 0.1) is 0 Å². The summed E-state index contributed by atoms with van der Waals surface area (Å²) in [6.45, 7) is 7.35. The minimum Gasteiger partial charge on any atom is -0.445 e. The molecular formula is C17H22N4O2S. The smallest absolute Gasteiger partial charge is 0.410 e. The maximum absolute atomic E-state index is 12.2. The van der Waals surface area contributed by atoms with Gasteiger partial charge in [-0.2, -0.15) is 0 Å². The minimum absolute atomic E-state index is 0.251. The zero-order valence-corrected chi connectivity index (χ0v) is 14.8. The van der Waals surface area contributed by atoms with Gasteiger partial charge in [0.15, 0.2) is 0 Å². The van der Waals surface area contributed by atoms with Gasteiger partial charge in [-0.15, -0.1) is 10.2 Å². The molecule has 2 heterocycles. The predicted octanol–water partition coefficient (Wildman–Crippen LogP) is 3.12. The standard InChI is InChI=1S/C17H22N4O2S/c1-13(2)15-18-19-16(24-15)20-8-10-21(11-9-20)17(22)23-12-14-6-4-3-5-7-14/h3-7,13H,8-12H2,1-2H3. The first-order valence-electron chi connectivity index (χ1n) is 8.17. The lowest BCUT2D eigenvalue weighted by Crippen LogP contribution is -2.48. The van der Waals surface area contributed by atoms with Gasteiger partial charge in [0.05, 0.1) is 0 Å². The second kappa shape index (κ2) is 7.61. The number of carbonyl (C=O) groups is 1.